The molecule has 0 saturated heterocycles. The summed E-state index contributed by atoms with van der Waals surface area (Å²) in [4.78, 5) is 16.2. The van der Waals surface area contributed by atoms with Crippen LogP contribution in [0.15, 0.2) is 4.42 Å². The Hall–Kier alpha value is -1.36. The zero-order valence-electron chi connectivity index (χ0n) is 11.0. The molecule has 5 heteroatoms. The summed E-state index contributed by atoms with van der Waals surface area (Å²) in [6.07, 6.45) is 3.79. The van der Waals surface area contributed by atoms with Crippen LogP contribution in [0.2, 0.25) is 0 Å². The maximum absolute atomic E-state index is 12.0. The van der Waals surface area contributed by atoms with Gasteiger partial charge >= 0.3 is 0 Å². The van der Waals surface area contributed by atoms with E-state index < -0.39 is 0 Å². The third-order valence-electron chi connectivity index (χ3n) is 3.57. The summed E-state index contributed by atoms with van der Waals surface area (Å²) in [6.45, 7) is 4.12. The lowest BCUT2D eigenvalue weighted by atomic mass is 9.85. The SMILES string of the molecule is Cc1nc(CNC(=O)C2CCCC(N)C2)oc1C. The van der Waals surface area contributed by atoms with Gasteiger partial charge in [-0.25, -0.2) is 4.98 Å². The molecule has 0 radical (unpaired) electrons. The van der Waals surface area contributed by atoms with Crippen LogP contribution in [0, 0.1) is 19.8 Å². The van der Waals surface area contributed by atoms with Gasteiger partial charge in [0.1, 0.15) is 5.76 Å². The second-order valence-corrected chi connectivity index (χ2v) is 5.09. The third-order valence-corrected chi connectivity index (χ3v) is 3.57. The van der Waals surface area contributed by atoms with Crippen molar-refractivity contribution in [3.63, 3.8) is 0 Å². The second kappa shape index (κ2) is 5.52. The van der Waals surface area contributed by atoms with Crippen LogP contribution in [0.4, 0.5) is 0 Å². The average Bonchev–Trinajstić information content (AvgIpc) is 2.66. The van der Waals surface area contributed by atoms with Crippen molar-refractivity contribution >= 4 is 5.91 Å². The first-order valence-electron chi connectivity index (χ1n) is 6.52. The Bertz CT molecular complexity index is 408. The van der Waals surface area contributed by atoms with E-state index in [1.54, 1.807) is 0 Å². The molecule has 0 spiro atoms. The number of nitrogens with one attached hydrogen (secondary N) is 1. The highest BCUT2D eigenvalue weighted by Gasteiger charge is 2.25. The maximum atomic E-state index is 12.0. The molecule has 18 heavy (non-hydrogen) atoms. The van der Waals surface area contributed by atoms with Gasteiger partial charge in [-0.1, -0.05) is 6.42 Å². The van der Waals surface area contributed by atoms with Crippen molar-refractivity contribution in [1.82, 2.24) is 10.3 Å². The molecule has 2 rings (SSSR count). The van der Waals surface area contributed by atoms with E-state index in [4.69, 9.17) is 10.2 Å². The van der Waals surface area contributed by atoms with E-state index in [-0.39, 0.29) is 17.9 Å². The van der Waals surface area contributed by atoms with Crippen molar-refractivity contribution in [2.24, 2.45) is 11.7 Å². The number of aryl methyl sites for hydroxylation is 2. The Morgan fingerprint density at radius 2 is 2.28 bits per heavy atom. The normalized spacial score (nSPS) is 23.9. The minimum atomic E-state index is 0.0471. The summed E-state index contributed by atoms with van der Waals surface area (Å²) < 4.78 is 5.42. The standard InChI is InChI=1S/C13H21N3O2/c1-8-9(2)18-12(16-8)7-15-13(17)10-4-3-5-11(14)6-10/h10-11H,3-7,14H2,1-2H3,(H,15,17). The van der Waals surface area contributed by atoms with Gasteiger partial charge in [0.25, 0.3) is 0 Å². The number of oxazole rings is 1. The lowest BCUT2D eigenvalue weighted by Crippen LogP contribution is -2.37. The summed E-state index contributed by atoms with van der Waals surface area (Å²) in [5.74, 6) is 1.49. The lowest BCUT2D eigenvalue weighted by Gasteiger charge is -2.25. The Kier molecular flexibility index (Phi) is 4.01. The van der Waals surface area contributed by atoms with E-state index in [9.17, 15) is 4.79 Å². The molecule has 1 saturated carbocycles. The van der Waals surface area contributed by atoms with Crippen molar-refractivity contribution < 1.29 is 9.21 Å². The van der Waals surface area contributed by atoms with E-state index in [1.807, 2.05) is 13.8 Å². The fourth-order valence-corrected chi connectivity index (χ4v) is 2.39. The lowest BCUT2D eigenvalue weighted by molar-refractivity contribution is -0.126. The van der Waals surface area contributed by atoms with Crippen molar-refractivity contribution in [2.45, 2.75) is 52.1 Å². The molecule has 0 aliphatic heterocycles. The first-order valence-corrected chi connectivity index (χ1v) is 6.52. The summed E-state index contributed by atoms with van der Waals surface area (Å²) in [5, 5.41) is 2.88. The van der Waals surface area contributed by atoms with Crippen LogP contribution in [0.25, 0.3) is 0 Å². The smallest absolute Gasteiger partial charge is 0.223 e. The largest absolute Gasteiger partial charge is 0.444 e. The van der Waals surface area contributed by atoms with Crippen LogP contribution in [-0.2, 0) is 11.3 Å². The summed E-state index contributed by atoms with van der Waals surface area (Å²) in [7, 11) is 0. The number of amides is 1. The van der Waals surface area contributed by atoms with Gasteiger partial charge in [-0.05, 0) is 33.1 Å². The topological polar surface area (TPSA) is 81.2 Å². The Morgan fingerprint density at radius 3 is 2.89 bits per heavy atom. The van der Waals surface area contributed by atoms with Gasteiger partial charge in [-0.2, -0.15) is 0 Å². The number of carbonyl (C=O) groups is 1. The van der Waals surface area contributed by atoms with E-state index in [1.165, 1.54) is 0 Å². The van der Waals surface area contributed by atoms with Crippen molar-refractivity contribution in [1.29, 1.82) is 0 Å². The first kappa shape index (κ1) is 13.1. The minimum Gasteiger partial charge on any atom is -0.444 e. The molecule has 3 N–H and O–H groups in total. The molecule has 100 valence electrons. The second-order valence-electron chi connectivity index (χ2n) is 5.09. The fraction of sp³-hybridized carbons (Fsp3) is 0.692. The van der Waals surface area contributed by atoms with Gasteiger partial charge in [0.15, 0.2) is 0 Å². The summed E-state index contributed by atoms with van der Waals surface area (Å²) in [5.41, 5.74) is 6.76. The Morgan fingerprint density at radius 1 is 1.50 bits per heavy atom. The van der Waals surface area contributed by atoms with Crippen LogP contribution >= 0.6 is 0 Å². The number of hydrogen-bond donors (Lipinski definition) is 2. The Labute approximate surface area is 107 Å². The molecule has 1 heterocycles. The zero-order chi connectivity index (χ0) is 13.1. The number of carbonyl (C=O) groups excluding carboxylic acids is 1. The van der Waals surface area contributed by atoms with Gasteiger partial charge in [0.2, 0.25) is 11.8 Å². The fourth-order valence-electron chi connectivity index (χ4n) is 2.39. The van der Waals surface area contributed by atoms with E-state index >= 15 is 0 Å². The van der Waals surface area contributed by atoms with Crippen molar-refractivity contribution in [2.75, 3.05) is 0 Å². The van der Waals surface area contributed by atoms with Gasteiger partial charge in [0, 0.05) is 12.0 Å². The third kappa shape index (κ3) is 3.10. The van der Waals surface area contributed by atoms with Crippen molar-refractivity contribution in [3.8, 4) is 0 Å². The highest BCUT2D eigenvalue weighted by Crippen LogP contribution is 2.23. The monoisotopic (exact) mass is 251 g/mol. The Balaban J connectivity index is 1.84. The number of nitrogens with two attached hydrogens (primary N) is 1. The zero-order valence-corrected chi connectivity index (χ0v) is 11.0. The molecular formula is C13H21N3O2. The molecule has 2 atom stereocenters. The predicted octanol–water partition coefficient (Wildman–Crippen LogP) is 1.43. The van der Waals surface area contributed by atoms with E-state index in [2.05, 4.69) is 10.3 Å². The molecule has 0 aromatic carbocycles. The van der Waals surface area contributed by atoms with Crippen LogP contribution in [-0.4, -0.2) is 16.9 Å². The van der Waals surface area contributed by atoms with Gasteiger partial charge < -0.3 is 15.5 Å². The predicted molar refractivity (Wildman–Crippen MR) is 67.8 cm³/mol. The van der Waals surface area contributed by atoms with Crippen LogP contribution in [0.5, 0.6) is 0 Å². The van der Waals surface area contributed by atoms with Crippen LogP contribution in [0.3, 0.4) is 0 Å². The molecule has 1 aromatic heterocycles. The number of aromatic nitrogens is 1. The quantitative estimate of drug-likeness (QED) is 0.851. The van der Waals surface area contributed by atoms with Gasteiger partial charge in [-0.15, -0.1) is 0 Å². The van der Waals surface area contributed by atoms with E-state index in [0.29, 0.717) is 12.4 Å². The molecule has 1 aliphatic carbocycles. The highest BCUT2D eigenvalue weighted by atomic mass is 16.4. The van der Waals surface area contributed by atoms with E-state index in [0.717, 1.165) is 37.1 Å². The van der Waals surface area contributed by atoms with Crippen LogP contribution in [0.1, 0.15) is 43.0 Å². The molecule has 1 aliphatic rings. The van der Waals surface area contributed by atoms with Crippen molar-refractivity contribution in [3.05, 3.63) is 17.3 Å². The molecular weight excluding hydrogens is 230 g/mol. The molecule has 1 aromatic rings. The highest BCUT2D eigenvalue weighted by molar-refractivity contribution is 5.78. The minimum absolute atomic E-state index is 0.0471. The van der Waals surface area contributed by atoms with Gasteiger partial charge in [0.05, 0.1) is 12.2 Å². The average molecular weight is 251 g/mol. The number of hydrogen-bond acceptors (Lipinski definition) is 4. The summed E-state index contributed by atoms with van der Waals surface area (Å²) in [6, 6.07) is 0.167. The molecule has 0 bridgehead atoms. The molecule has 1 fully saturated rings. The maximum Gasteiger partial charge on any atom is 0.223 e. The van der Waals surface area contributed by atoms with Gasteiger partial charge in [-0.3, -0.25) is 4.79 Å². The molecule has 1 amide bonds. The number of nitrogens with zero attached hydrogens (tertiary/aromatic N) is 1. The van der Waals surface area contributed by atoms with Crippen LogP contribution < -0.4 is 11.1 Å². The molecule has 5 nitrogen and oxygen atoms in total. The summed E-state index contributed by atoms with van der Waals surface area (Å²) >= 11 is 0. The first-order chi connectivity index (χ1) is 8.56. The number of rotatable bonds is 3. The molecule has 2 unspecified atom stereocenters.